The van der Waals surface area contributed by atoms with E-state index in [1.165, 1.54) is 7.11 Å². The van der Waals surface area contributed by atoms with Gasteiger partial charge in [0.15, 0.2) is 0 Å². The molecular formula is C21H23NO5. The molecular weight excluding hydrogens is 346 g/mol. The number of amides is 1. The molecule has 0 aliphatic carbocycles. The van der Waals surface area contributed by atoms with Crippen molar-refractivity contribution in [1.82, 2.24) is 4.90 Å². The van der Waals surface area contributed by atoms with Crippen molar-refractivity contribution in [2.75, 3.05) is 34.4 Å². The third kappa shape index (κ3) is 3.89. The number of benzene rings is 2. The van der Waals surface area contributed by atoms with Gasteiger partial charge < -0.3 is 19.1 Å². The Morgan fingerprint density at radius 2 is 1.67 bits per heavy atom. The topological polar surface area (TPSA) is 65.1 Å². The van der Waals surface area contributed by atoms with Crippen LogP contribution >= 0.6 is 0 Å². The predicted molar refractivity (Wildman–Crippen MR) is 101 cm³/mol. The summed E-state index contributed by atoms with van der Waals surface area (Å²) < 4.78 is 15.5. The van der Waals surface area contributed by atoms with Crippen LogP contribution in [-0.2, 0) is 4.74 Å². The molecule has 1 heterocycles. The fourth-order valence-corrected chi connectivity index (χ4v) is 3.41. The molecule has 1 saturated heterocycles. The van der Waals surface area contributed by atoms with Gasteiger partial charge in [0.05, 0.1) is 26.9 Å². The first kappa shape index (κ1) is 18.8. The molecule has 0 N–H and O–H groups in total. The normalized spacial score (nSPS) is 16.1. The Morgan fingerprint density at radius 1 is 0.963 bits per heavy atom. The number of methoxy groups -OCH3 is 3. The molecule has 0 radical (unpaired) electrons. The number of carbonyl (C=O) groups is 2. The Hall–Kier alpha value is -3.02. The molecule has 0 aromatic heterocycles. The summed E-state index contributed by atoms with van der Waals surface area (Å²) in [7, 11) is 4.61. The summed E-state index contributed by atoms with van der Waals surface area (Å²) in [5.41, 5.74) is 2.03. The first-order chi connectivity index (χ1) is 13.1. The first-order valence-electron chi connectivity index (χ1n) is 8.77. The van der Waals surface area contributed by atoms with E-state index in [2.05, 4.69) is 4.74 Å². The van der Waals surface area contributed by atoms with Crippen LogP contribution in [0.2, 0.25) is 0 Å². The minimum absolute atomic E-state index is 0.0456. The molecule has 3 rings (SSSR count). The molecule has 2 aromatic carbocycles. The average Bonchev–Trinajstić information content (AvgIpc) is 3.22. The Balaban J connectivity index is 1.74. The molecule has 142 valence electrons. The molecule has 1 aliphatic rings. The Bertz CT molecular complexity index is 831. The largest absolute Gasteiger partial charge is 0.497 e. The number of esters is 1. The van der Waals surface area contributed by atoms with Crippen molar-refractivity contribution in [3.8, 4) is 11.5 Å². The van der Waals surface area contributed by atoms with Crippen LogP contribution < -0.4 is 9.47 Å². The molecule has 6 nitrogen and oxygen atoms in total. The van der Waals surface area contributed by atoms with E-state index in [0.29, 0.717) is 24.2 Å². The van der Waals surface area contributed by atoms with Gasteiger partial charge in [0.2, 0.25) is 0 Å². The Labute approximate surface area is 158 Å². The zero-order chi connectivity index (χ0) is 19.4. The van der Waals surface area contributed by atoms with Crippen molar-refractivity contribution in [2.24, 2.45) is 0 Å². The lowest BCUT2D eigenvalue weighted by molar-refractivity contribution is 0.0600. The fourth-order valence-electron chi connectivity index (χ4n) is 3.41. The van der Waals surface area contributed by atoms with E-state index in [-0.39, 0.29) is 11.8 Å². The summed E-state index contributed by atoms with van der Waals surface area (Å²) in [4.78, 5) is 26.2. The van der Waals surface area contributed by atoms with E-state index in [9.17, 15) is 9.59 Å². The van der Waals surface area contributed by atoms with Crippen LogP contribution in [0.4, 0.5) is 0 Å². The molecule has 2 aromatic rings. The average molecular weight is 369 g/mol. The highest BCUT2D eigenvalue weighted by Gasteiger charge is 2.30. The van der Waals surface area contributed by atoms with Gasteiger partial charge in [-0.15, -0.1) is 0 Å². The number of hydrogen-bond acceptors (Lipinski definition) is 5. The molecule has 1 amide bonds. The summed E-state index contributed by atoms with van der Waals surface area (Å²) >= 11 is 0. The summed E-state index contributed by atoms with van der Waals surface area (Å²) in [6, 6.07) is 12.3. The summed E-state index contributed by atoms with van der Waals surface area (Å²) in [6.07, 6.45) is 0.857. The molecule has 0 saturated carbocycles. The number of nitrogens with zero attached hydrogens (tertiary/aromatic N) is 1. The van der Waals surface area contributed by atoms with Crippen molar-refractivity contribution < 1.29 is 23.8 Å². The minimum Gasteiger partial charge on any atom is -0.497 e. The highest BCUT2D eigenvalue weighted by atomic mass is 16.5. The molecule has 1 unspecified atom stereocenters. The molecule has 1 aliphatic heterocycles. The number of likely N-dealkylation sites (tertiary alicyclic amines) is 1. The van der Waals surface area contributed by atoms with Gasteiger partial charge in [-0.1, -0.05) is 0 Å². The molecule has 1 fully saturated rings. The molecule has 6 heteroatoms. The van der Waals surface area contributed by atoms with Crippen LogP contribution in [0, 0.1) is 0 Å². The zero-order valence-electron chi connectivity index (χ0n) is 15.7. The van der Waals surface area contributed by atoms with Crippen LogP contribution in [0.1, 0.15) is 38.6 Å². The van der Waals surface area contributed by atoms with E-state index in [0.717, 1.165) is 23.5 Å². The zero-order valence-corrected chi connectivity index (χ0v) is 15.7. The van der Waals surface area contributed by atoms with Gasteiger partial charge in [0.1, 0.15) is 11.5 Å². The molecule has 0 bridgehead atoms. The third-order valence-corrected chi connectivity index (χ3v) is 4.91. The lowest BCUT2D eigenvalue weighted by atomic mass is 9.97. The maximum Gasteiger partial charge on any atom is 0.337 e. The first-order valence-corrected chi connectivity index (χ1v) is 8.77. The minimum atomic E-state index is -0.416. The SMILES string of the molecule is COC(=O)c1ccc(C(=O)N2CCC(c3cc(OC)ccc3OC)C2)cc1. The highest BCUT2D eigenvalue weighted by molar-refractivity contribution is 5.96. The van der Waals surface area contributed by atoms with Crippen LogP contribution in [0.5, 0.6) is 11.5 Å². The number of ether oxygens (including phenoxy) is 3. The standard InChI is InChI=1S/C21H23NO5/c1-25-17-8-9-19(26-2)18(12-17)16-10-11-22(13-16)20(23)14-4-6-15(7-5-14)21(24)27-3/h4-9,12,16H,10-11,13H2,1-3H3. The second-order valence-electron chi connectivity index (χ2n) is 6.41. The summed E-state index contributed by atoms with van der Waals surface area (Å²) in [5.74, 6) is 1.30. The van der Waals surface area contributed by atoms with E-state index in [1.807, 2.05) is 23.1 Å². The van der Waals surface area contributed by atoms with Crippen LogP contribution in [0.15, 0.2) is 42.5 Å². The smallest absolute Gasteiger partial charge is 0.337 e. The Kier molecular flexibility index (Phi) is 5.64. The number of hydrogen-bond donors (Lipinski definition) is 0. The lowest BCUT2D eigenvalue weighted by Crippen LogP contribution is -2.28. The quantitative estimate of drug-likeness (QED) is 0.758. The van der Waals surface area contributed by atoms with Crippen molar-refractivity contribution in [1.29, 1.82) is 0 Å². The molecule has 0 spiro atoms. The van der Waals surface area contributed by atoms with Crippen molar-refractivity contribution in [3.63, 3.8) is 0 Å². The van der Waals surface area contributed by atoms with Gasteiger partial charge in [0, 0.05) is 30.1 Å². The second kappa shape index (κ2) is 8.12. The maximum absolute atomic E-state index is 12.8. The van der Waals surface area contributed by atoms with E-state index in [1.54, 1.807) is 38.5 Å². The van der Waals surface area contributed by atoms with E-state index >= 15 is 0 Å². The maximum atomic E-state index is 12.8. The highest BCUT2D eigenvalue weighted by Crippen LogP contribution is 2.36. The van der Waals surface area contributed by atoms with Gasteiger partial charge in [-0.25, -0.2) is 4.79 Å². The number of carbonyl (C=O) groups excluding carboxylic acids is 2. The lowest BCUT2D eigenvalue weighted by Gasteiger charge is -2.18. The monoisotopic (exact) mass is 369 g/mol. The van der Waals surface area contributed by atoms with Crippen molar-refractivity contribution >= 4 is 11.9 Å². The van der Waals surface area contributed by atoms with Gasteiger partial charge in [-0.2, -0.15) is 0 Å². The molecule has 1 atom stereocenters. The summed E-state index contributed by atoms with van der Waals surface area (Å²) in [6.45, 7) is 1.28. The second-order valence-corrected chi connectivity index (χ2v) is 6.41. The predicted octanol–water partition coefficient (Wildman–Crippen LogP) is 3.12. The van der Waals surface area contributed by atoms with E-state index in [4.69, 9.17) is 9.47 Å². The van der Waals surface area contributed by atoms with Gasteiger partial charge in [-0.05, 0) is 48.9 Å². The van der Waals surface area contributed by atoms with Crippen LogP contribution in [-0.4, -0.2) is 51.2 Å². The van der Waals surface area contributed by atoms with Gasteiger partial charge >= 0.3 is 5.97 Å². The van der Waals surface area contributed by atoms with Crippen molar-refractivity contribution in [2.45, 2.75) is 12.3 Å². The van der Waals surface area contributed by atoms with Gasteiger partial charge in [0.25, 0.3) is 5.91 Å². The third-order valence-electron chi connectivity index (χ3n) is 4.91. The van der Waals surface area contributed by atoms with E-state index < -0.39 is 5.97 Å². The van der Waals surface area contributed by atoms with Gasteiger partial charge in [-0.3, -0.25) is 4.79 Å². The molecule has 27 heavy (non-hydrogen) atoms. The van der Waals surface area contributed by atoms with Crippen LogP contribution in [0.25, 0.3) is 0 Å². The van der Waals surface area contributed by atoms with Crippen LogP contribution in [0.3, 0.4) is 0 Å². The van der Waals surface area contributed by atoms with Crippen molar-refractivity contribution in [3.05, 3.63) is 59.2 Å². The summed E-state index contributed by atoms with van der Waals surface area (Å²) in [5, 5.41) is 0. The number of rotatable bonds is 5. The fraction of sp³-hybridized carbons (Fsp3) is 0.333. The Morgan fingerprint density at radius 3 is 2.30 bits per heavy atom.